The van der Waals surface area contributed by atoms with Crippen LogP contribution in [0, 0.1) is 6.92 Å². The standard InChI is InChI=1S/C30H42N6O5/c1-6-19(2)34-28-13-22(14-29(35-28)36(4)9-10-39-5)30(38)32-16-26(37)25-12-21-7-8-24(11-23(21)15-31-25)40-17-27-20(3)33-18-41-27/h7-8,11,13-14,18-19,25-26,31,37H,6,9-10,12,15-17H2,1-5H3,(H,32,38)(H,34,35)/t19?,25?,26-/m1/s1. The molecule has 3 heterocycles. The van der Waals surface area contributed by atoms with Gasteiger partial charge in [-0.1, -0.05) is 13.0 Å². The van der Waals surface area contributed by atoms with Gasteiger partial charge in [0.25, 0.3) is 5.91 Å². The third kappa shape index (κ3) is 8.18. The summed E-state index contributed by atoms with van der Waals surface area (Å²) < 4.78 is 16.4. The molecule has 0 saturated heterocycles. The van der Waals surface area contributed by atoms with Crippen molar-refractivity contribution < 1.29 is 23.8 Å². The van der Waals surface area contributed by atoms with Crippen LogP contribution in [0.5, 0.6) is 5.75 Å². The zero-order valence-corrected chi connectivity index (χ0v) is 24.6. The lowest BCUT2D eigenvalue weighted by Gasteiger charge is -2.30. The van der Waals surface area contributed by atoms with Gasteiger partial charge in [0.15, 0.2) is 12.2 Å². The second-order valence-electron chi connectivity index (χ2n) is 10.5. The number of aliphatic hydroxyl groups is 1. The Morgan fingerprint density at radius 1 is 1.29 bits per heavy atom. The summed E-state index contributed by atoms with van der Waals surface area (Å²) in [6.07, 6.45) is 2.22. The fourth-order valence-corrected chi connectivity index (χ4v) is 4.55. The molecule has 11 heteroatoms. The maximum Gasteiger partial charge on any atom is 0.251 e. The molecule has 2 aromatic heterocycles. The van der Waals surface area contributed by atoms with Crippen molar-refractivity contribution in [3.63, 3.8) is 0 Å². The van der Waals surface area contributed by atoms with Crippen molar-refractivity contribution in [1.82, 2.24) is 20.6 Å². The fourth-order valence-electron chi connectivity index (χ4n) is 4.55. The number of anilines is 2. The number of amides is 1. The Balaban J connectivity index is 1.35. The average Bonchev–Trinajstić information content (AvgIpc) is 3.40. The molecule has 3 atom stereocenters. The monoisotopic (exact) mass is 566 g/mol. The minimum atomic E-state index is -0.763. The lowest BCUT2D eigenvalue weighted by atomic mass is 9.92. The molecule has 3 aromatic rings. The number of ether oxygens (including phenoxy) is 2. The summed E-state index contributed by atoms with van der Waals surface area (Å²) >= 11 is 0. The van der Waals surface area contributed by atoms with Gasteiger partial charge in [0.1, 0.15) is 24.0 Å². The summed E-state index contributed by atoms with van der Waals surface area (Å²) in [7, 11) is 3.57. The van der Waals surface area contributed by atoms with Crippen molar-refractivity contribution >= 4 is 17.5 Å². The number of aromatic nitrogens is 2. The number of methoxy groups -OCH3 is 1. The van der Waals surface area contributed by atoms with Crippen LogP contribution < -0.4 is 25.6 Å². The largest absolute Gasteiger partial charge is 0.486 e. The first-order valence-corrected chi connectivity index (χ1v) is 14.1. The van der Waals surface area contributed by atoms with E-state index in [2.05, 4.69) is 39.8 Å². The van der Waals surface area contributed by atoms with Crippen molar-refractivity contribution in [3.05, 3.63) is 64.9 Å². The summed E-state index contributed by atoms with van der Waals surface area (Å²) in [6.45, 7) is 8.26. The van der Waals surface area contributed by atoms with Crippen LogP contribution in [-0.4, -0.2) is 73.0 Å². The van der Waals surface area contributed by atoms with Crippen LogP contribution in [-0.2, 0) is 24.3 Å². The van der Waals surface area contributed by atoms with E-state index >= 15 is 0 Å². The van der Waals surface area contributed by atoms with Crippen molar-refractivity contribution in [2.75, 3.05) is 44.1 Å². The fraction of sp³-hybridized carbons (Fsp3) is 0.500. The van der Waals surface area contributed by atoms with E-state index in [1.165, 1.54) is 6.39 Å². The molecule has 1 amide bonds. The van der Waals surface area contributed by atoms with Gasteiger partial charge in [-0.3, -0.25) is 4.79 Å². The Morgan fingerprint density at radius 2 is 2.12 bits per heavy atom. The lowest BCUT2D eigenvalue weighted by molar-refractivity contribution is 0.0870. The first kappa shape index (κ1) is 30.3. The summed E-state index contributed by atoms with van der Waals surface area (Å²) in [4.78, 5) is 23.9. The van der Waals surface area contributed by atoms with Gasteiger partial charge in [-0.05, 0) is 62.1 Å². The Bertz CT molecular complexity index is 1300. The number of aryl methyl sites for hydroxylation is 1. The van der Waals surface area contributed by atoms with Crippen LogP contribution in [0.25, 0.3) is 0 Å². The summed E-state index contributed by atoms with van der Waals surface area (Å²) in [5, 5.41) is 20.6. The quantitative estimate of drug-likeness (QED) is 0.231. The van der Waals surface area contributed by atoms with E-state index in [0.717, 1.165) is 29.0 Å². The Hall–Kier alpha value is -3.67. The third-order valence-electron chi connectivity index (χ3n) is 7.43. The zero-order valence-electron chi connectivity index (χ0n) is 24.6. The van der Waals surface area contributed by atoms with Crippen LogP contribution in [0.15, 0.2) is 41.1 Å². The highest BCUT2D eigenvalue weighted by Crippen LogP contribution is 2.25. The van der Waals surface area contributed by atoms with Gasteiger partial charge in [0, 0.05) is 51.4 Å². The number of carbonyl (C=O) groups is 1. The molecule has 0 aliphatic carbocycles. The maximum absolute atomic E-state index is 13.2. The second kappa shape index (κ2) is 14.3. The molecule has 0 radical (unpaired) electrons. The molecule has 1 aliphatic heterocycles. The van der Waals surface area contributed by atoms with E-state index in [-0.39, 0.29) is 24.5 Å². The van der Waals surface area contributed by atoms with Gasteiger partial charge in [-0.25, -0.2) is 9.97 Å². The predicted octanol–water partition coefficient (Wildman–Crippen LogP) is 3.06. The molecule has 1 aliphatic rings. The number of hydrogen-bond donors (Lipinski definition) is 4. The van der Waals surface area contributed by atoms with E-state index in [9.17, 15) is 9.90 Å². The van der Waals surface area contributed by atoms with Crippen LogP contribution >= 0.6 is 0 Å². The molecule has 4 rings (SSSR count). The predicted molar refractivity (Wildman–Crippen MR) is 157 cm³/mol. The topological polar surface area (TPSA) is 134 Å². The van der Waals surface area contributed by atoms with Gasteiger partial charge in [0.2, 0.25) is 0 Å². The number of carbonyl (C=O) groups excluding carboxylic acids is 1. The van der Waals surface area contributed by atoms with Crippen LogP contribution in [0.2, 0.25) is 0 Å². The number of benzene rings is 1. The molecule has 0 spiro atoms. The number of hydrogen-bond acceptors (Lipinski definition) is 10. The molecule has 0 fully saturated rings. The smallest absolute Gasteiger partial charge is 0.251 e. The number of fused-ring (bicyclic) bond motifs is 1. The zero-order chi connectivity index (χ0) is 29.4. The summed E-state index contributed by atoms with van der Waals surface area (Å²) in [6, 6.07) is 9.49. The van der Waals surface area contributed by atoms with Gasteiger partial charge in [-0.15, -0.1) is 0 Å². The third-order valence-corrected chi connectivity index (χ3v) is 7.43. The van der Waals surface area contributed by atoms with Gasteiger partial charge in [-0.2, -0.15) is 0 Å². The average molecular weight is 567 g/mol. The number of oxazole rings is 1. The first-order valence-electron chi connectivity index (χ1n) is 14.1. The molecule has 11 nitrogen and oxygen atoms in total. The van der Waals surface area contributed by atoms with Crippen molar-refractivity contribution in [3.8, 4) is 5.75 Å². The van der Waals surface area contributed by atoms with E-state index in [4.69, 9.17) is 13.9 Å². The number of pyridine rings is 1. The Labute approximate surface area is 241 Å². The number of nitrogens with zero attached hydrogens (tertiary/aromatic N) is 3. The minimum absolute atomic E-state index is 0.120. The molecule has 4 N–H and O–H groups in total. The highest BCUT2D eigenvalue weighted by Gasteiger charge is 2.25. The summed E-state index contributed by atoms with van der Waals surface area (Å²) in [5.74, 6) is 2.50. The van der Waals surface area contributed by atoms with Crippen LogP contribution in [0.4, 0.5) is 11.6 Å². The highest BCUT2D eigenvalue weighted by atomic mass is 16.5. The Kier molecular flexibility index (Phi) is 10.6. The van der Waals surface area contributed by atoms with E-state index in [1.807, 2.05) is 37.1 Å². The molecule has 222 valence electrons. The molecule has 0 bridgehead atoms. The number of rotatable bonds is 14. The van der Waals surface area contributed by atoms with Gasteiger partial charge in [0.05, 0.1) is 18.4 Å². The van der Waals surface area contributed by atoms with Crippen molar-refractivity contribution in [2.24, 2.45) is 0 Å². The lowest BCUT2D eigenvalue weighted by Crippen LogP contribution is -2.49. The number of nitrogens with one attached hydrogen (secondary N) is 3. The minimum Gasteiger partial charge on any atom is -0.486 e. The van der Waals surface area contributed by atoms with Crippen molar-refractivity contribution in [2.45, 2.75) is 65.0 Å². The molecule has 41 heavy (non-hydrogen) atoms. The summed E-state index contributed by atoms with van der Waals surface area (Å²) in [5.41, 5.74) is 3.55. The van der Waals surface area contributed by atoms with Crippen LogP contribution in [0.1, 0.15) is 53.2 Å². The van der Waals surface area contributed by atoms with Gasteiger partial charge >= 0.3 is 0 Å². The SMILES string of the molecule is CCC(C)Nc1cc(C(=O)NC[C@@H](O)C2Cc3ccc(OCc4ocnc4C)cc3CN2)cc(N(C)CCOC)n1. The van der Waals surface area contributed by atoms with E-state index in [0.29, 0.717) is 55.7 Å². The second-order valence-corrected chi connectivity index (χ2v) is 10.5. The van der Waals surface area contributed by atoms with E-state index < -0.39 is 6.10 Å². The maximum atomic E-state index is 13.2. The molecular formula is C30H42N6O5. The number of likely N-dealkylation sites (N-methyl/N-ethyl adjacent to an activating group) is 1. The molecule has 2 unspecified atom stereocenters. The first-order chi connectivity index (χ1) is 19.8. The van der Waals surface area contributed by atoms with Crippen molar-refractivity contribution in [1.29, 1.82) is 0 Å². The normalized spacial score (nSPS) is 16.0. The van der Waals surface area contributed by atoms with Gasteiger partial charge < -0.3 is 39.8 Å². The number of aliphatic hydroxyl groups excluding tert-OH is 1. The molecular weight excluding hydrogens is 524 g/mol. The molecule has 1 aromatic carbocycles. The van der Waals surface area contributed by atoms with Crippen LogP contribution in [0.3, 0.4) is 0 Å². The molecule has 0 saturated carbocycles. The Morgan fingerprint density at radius 3 is 2.85 bits per heavy atom. The van der Waals surface area contributed by atoms with E-state index in [1.54, 1.807) is 19.2 Å². The highest BCUT2D eigenvalue weighted by molar-refractivity contribution is 5.95.